The van der Waals surface area contributed by atoms with Gasteiger partial charge in [-0.05, 0) is 35.9 Å². The van der Waals surface area contributed by atoms with Gasteiger partial charge in [0.05, 0.1) is 7.11 Å². The quantitative estimate of drug-likeness (QED) is 0.407. The molecule has 2 aromatic carbocycles. The molecule has 1 aliphatic heterocycles. The fourth-order valence-electron chi connectivity index (χ4n) is 3.49. The first-order valence-electron chi connectivity index (χ1n) is 9.36. The van der Waals surface area contributed by atoms with Crippen LogP contribution in [-0.2, 0) is 9.53 Å². The molecule has 0 fully saturated rings. The van der Waals surface area contributed by atoms with Gasteiger partial charge in [0.25, 0.3) is 0 Å². The summed E-state index contributed by atoms with van der Waals surface area (Å²) in [5.41, 5.74) is 1.87. The van der Waals surface area contributed by atoms with E-state index < -0.39 is 6.04 Å². The van der Waals surface area contributed by atoms with Crippen molar-refractivity contribution >= 4 is 27.7 Å². The number of rotatable bonds is 8. The van der Waals surface area contributed by atoms with Crippen molar-refractivity contribution in [3.63, 3.8) is 0 Å². The van der Waals surface area contributed by atoms with E-state index in [-0.39, 0.29) is 11.9 Å². The summed E-state index contributed by atoms with van der Waals surface area (Å²) in [5, 5.41) is 0. The van der Waals surface area contributed by atoms with E-state index in [0.29, 0.717) is 18.8 Å². The van der Waals surface area contributed by atoms with Gasteiger partial charge in [0.15, 0.2) is 0 Å². The lowest BCUT2D eigenvalue weighted by Gasteiger charge is -2.36. The van der Waals surface area contributed by atoms with E-state index in [1.165, 1.54) is 0 Å². The van der Waals surface area contributed by atoms with Crippen molar-refractivity contribution < 1.29 is 14.3 Å². The van der Waals surface area contributed by atoms with Crippen LogP contribution >= 0.6 is 15.9 Å². The summed E-state index contributed by atoms with van der Waals surface area (Å²) >= 11 is 3.44. The zero-order valence-electron chi connectivity index (χ0n) is 16.4. The zero-order chi connectivity index (χ0) is 20.8. The minimum Gasteiger partial charge on any atom is -0.497 e. The van der Waals surface area contributed by atoms with Crippen molar-refractivity contribution in [2.45, 2.75) is 12.0 Å². The van der Waals surface area contributed by atoms with Crippen LogP contribution in [0.3, 0.4) is 0 Å². The molecule has 150 valence electrons. The third-order valence-electron chi connectivity index (χ3n) is 4.87. The second-order valence-corrected chi connectivity index (χ2v) is 7.65. The number of carbonyl (C=O) groups is 1. The first kappa shape index (κ1) is 21.1. The van der Waals surface area contributed by atoms with E-state index in [2.05, 4.69) is 29.1 Å². The Morgan fingerprint density at radius 1 is 1.07 bits per heavy atom. The molecule has 5 heteroatoms. The third-order valence-corrected chi connectivity index (χ3v) is 5.40. The second-order valence-electron chi connectivity index (χ2n) is 6.73. The molecular weight excluding hydrogens is 430 g/mol. The molecule has 0 N–H and O–H groups in total. The van der Waals surface area contributed by atoms with Gasteiger partial charge in [-0.25, -0.2) is 4.79 Å². The number of hydrogen-bond donors (Lipinski definition) is 0. The summed E-state index contributed by atoms with van der Waals surface area (Å²) < 4.78 is 12.0. The molecule has 1 aliphatic rings. The molecule has 2 aromatic rings. The van der Waals surface area contributed by atoms with Crippen LogP contribution in [0.5, 0.6) is 5.75 Å². The second kappa shape index (κ2) is 9.72. The SMILES string of the molecule is C=CCN(CC=C)[C@H]1C(=O)OC(c2ccc(Br)cc2)=C[C@@H]1c1ccc(OC)cc1. The maximum atomic E-state index is 13.1. The fourth-order valence-corrected chi connectivity index (χ4v) is 3.75. The lowest BCUT2D eigenvalue weighted by Crippen LogP contribution is -2.47. The van der Waals surface area contributed by atoms with Gasteiger partial charge in [-0.1, -0.05) is 52.3 Å². The van der Waals surface area contributed by atoms with Crippen LogP contribution in [0.2, 0.25) is 0 Å². The first-order chi connectivity index (χ1) is 14.1. The van der Waals surface area contributed by atoms with Crippen molar-refractivity contribution in [2.75, 3.05) is 20.2 Å². The van der Waals surface area contributed by atoms with Crippen molar-refractivity contribution in [3.05, 3.63) is 95.5 Å². The van der Waals surface area contributed by atoms with Gasteiger partial charge in [0.1, 0.15) is 17.6 Å². The summed E-state index contributed by atoms with van der Waals surface area (Å²) in [6, 6.07) is 15.0. The molecule has 0 radical (unpaired) electrons. The van der Waals surface area contributed by atoms with E-state index in [1.54, 1.807) is 19.3 Å². The molecule has 0 unspecified atom stereocenters. The van der Waals surface area contributed by atoms with Crippen LogP contribution in [-0.4, -0.2) is 37.1 Å². The lowest BCUT2D eigenvalue weighted by molar-refractivity contribution is -0.144. The summed E-state index contributed by atoms with van der Waals surface area (Å²) in [6.07, 6.45) is 5.60. The molecule has 0 amide bonds. The highest BCUT2D eigenvalue weighted by Crippen LogP contribution is 2.36. The molecule has 0 spiro atoms. The van der Waals surface area contributed by atoms with Crippen molar-refractivity contribution in [1.82, 2.24) is 4.90 Å². The maximum Gasteiger partial charge on any atom is 0.329 e. The van der Waals surface area contributed by atoms with Crippen LogP contribution < -0.4 is 4.74 Å². The summed E-state index contributed by atoms with van der Waals surface area (Å²) in [4.78, 5) is 15.2. The molecule has 29 heavy (non-hydrogen) atoms. The Balaban J connectivity index is 2.06. The molecule has 3 rings (SSSR count). The molecule has 4 nitrogen and oxygen atoms in total. The maximum absolute atomic E-state index is 13.1. The van der Waals surface area contributed by atoms with Crippen LogP contribution in [0.4, 0.5) is 0 Å². The van der Waals surface area contributed by atoms with Crippen LogP contribution in [0.15, 0.2) is 84.4 Å². The highest BCUT2D eigenvalue weighted by molar-refractivity contribution is 9.10. The Labute approximate surface area is 180 Å². The smallest absolute Gasteiger partial charge is 0.329 e. The number of nitrogens with zero attached hydrogens (tertiary/aromatic N) is 1. The highest BCUT2D eigenvalue weighted by Gasteiger charge is 2.38. The monoisotopic (exact) mass is 453 g/mol. The van der Waals surface area contributed by atoms with Crippen molar-refractivity contribution in [3.8, 4) is 5.75 Å². The Kier molecular flexibility index (Phi) is 7.07. The van der Waals surface area contributed by atoms with Crippen molar-refractivity contribution in [2.24, 2.45) is 0 Å². The fraction of sp³-hybridized carbons (Fsp3) is 0.208. The number of methoxy groups -OCH3 is 1. The number of esters is 1. The average Bonchev–Trinajstić information content (AvgIpc) is 2.74. The van der Waals surface area contributed by atoms with E-state index >= 15 is 0 Å². The van der Waals surface area contributed by atoms with Gasteiger partial charge in [0.2, 0.25) is 0 Å². The largest absolute Gasteiger partial charge is 0.497 e. The number of halogens is 1. The molecule has 1 heterocycles. The molecule has 0 saturated heterocycles. The normalized spacial score (nSPS) is 18.7. The summed E-state index contributed by atoms with van der Waals surface area (Å²) in [5.74, 6) is 0.877. The Hall–Kier alpha value is -2.63. The van der Waals surface area contributed by atoms with Gasteiger partial charge < -0.3 is 9.47 Å². The third kappa shape index (κ3) is 4.86. The van der Waals surface area contributed by atoms with E-state index in [1.807, 2.05) is 59.5 Å². The van der Waals surface area contributed by atoms with E-state index in [9.17, 15) is 4.79 Å². The summed E-state index contributed by atoms with van der Waals surface area (Å²) in [7, 11) is 1.64. The predicted molar refractivity (Wildman–Crippen MR) is 120 cm³/mol. The van der Waals surface area contributed by atoms with Gasteiger partial charge in [-0.3, -0.25) is 4.90 Å². The van der Waals surface area contributed by atoms with Crippen LogP contribution in [0.1, 0.15) is 17.0 Å². The van der Waals surface area contributed by atoms with Crippen LogP contribution in [0, 0.1) is 0 Å². The standard InChI is InChI=1S/C24H24BrNO3/c1-4-14-26(15-5-2)23-21(17-8-12-20(28-3)13-9-17)16-22(29-24(23)27)18-6-10-19(25)11-7-18/h4-13,16,21,23H,1-2,14-15H2,3H3/t21-,23-/m1/s1. The number of ether oxygens (including phenoxy) is 2. The zero-order valence-corrected chi connectivity index (χ0v) is 18.0. The Bertz CT molecular complexity index is 893. The van der Waals surface area contributed by atoms with Gasteiger partial charge in [-0.15, -0.1) is 13.2 Å². The number of carbonyl (C=O) groups excluding carboxylic acids is 1. The number of benzene rings is 2. The topological polar surface area (TPSA) is 38.8 Å². The molecular formula is C24H24BrNO3. The average molecular weight is 454 g/mol. The minimum absolute atomic E-state index is 0.180. The van der Waals surface area contributed by atoms with Crippen LogP contribution in [0.25, 0.3) is 5.76 Å². The Morgan fingerprint density at radius 2 is 1.69 bits per heavy atom. The van der Waals surface area contributed by atoms with Gasteiger partial charge >= 0.3 is 5.97 Å². The van der Waals surface area contributed by atoms with Crippen molar-refractivity contribution in [1.29, 1.82) is 0 Å². The predicted octanol–water partition coefficient (Wildman–Crippen LogP) is 5.18. The lowest BCUT2D eigenvalue weighted by atomic mass is 9.87. The minimum atomic E-state index is -0.474. The van der Waals surface area contributed by atoms with Gasteiger partial charge in [-0.2, -0.15) is 0 Å². The van der Waals surface area contributed by atoms with E-state index in [4.69, 9.17) is 9.47 Å². The summed E-state index contributed by atoms with van der Waals surface area (Å²) in [6.45, 7) is 8.77. The molecule has 0 bridgehead atoms. The molecule has 0 aliphatic carbocycles. The number of hydrogen-bond acceptors (Lipinski definition) is 4. The first-order valence-corrected chi connectivity index (χ1v) is 10.2. The molecule has 2 atom stereocenters. The highest BCUT2D eigenvalue weighted by atomic mass is 79.9. The van der Waals surface area contributed by atoms with Gasteiger partial charge in [0, 0.05) is 29.0 Å². The van der Waals surface area contributed by atoms with E-state index in [0.717, 1.165) is 21.3 Å². The molecule has 0 aromatic heterocycles. The molecule has 0 saturated carbocycles. The number of cyclic esters (lactones) is 1. The Morgan fingerprint density at radius 3 is 2.24 bits per heavy atom.